The molecule has 0 unspecified atom stereocenters. The van der Waals surface area contributed by atoms with Gasteiger partial charge in [-0.2, -0.15) is 0 Å². The van der Waals surface area contributed by atoms with Crippen molar-refractivity contribution in [2.24, 2.45) is 7.05 Å². The Morgan fingerprint density at radius 2 is 1.78 bits per heavy atom. The van der Waals surface area contributed by atoms with Gasteiger partial charge in [0.05, 0.1) is 24.2 Å². The third-order valence-electron chi connectivity index (χ3n) is 4.40. The molecule has 0 aliphatic carbocycles. The molecule has 0 aliphatic rings. The lowest BCUT2D eigenvalue weighted by Crippen LogP contribution is -2.25. The first kappa shape index (κ1) is 18.7. The van der Waals surface area contributed by atoms with Crippen molar-refractivity contribution >= 4 is 28.7 Å². The summed E-state index contributed by atoms with van der Waals surface area (Å²) in [4.78, 5) is 12.9. The fraction of sp³-hybridized carbons (Fsp3) is 0.200. The van der Waals surface area contributed by atoms with E-state index in [1.54, 1.807) is 16.5 Å². The molecule has 2 aromatic carbocycles. The number of hydrogen-bond donors (Lipinski definition) is 2. The van der Waals surface area contributed by atoms with Crippen LogP contribution in [0.4, 0.5) is 11.4 Å². The highest BCUT2D eigenvalue weighted by molar-refractivity contribution is 7.80. The number of aryl methyl sites for hydroxylation is 1. The number of anilines is 2. The smallest absolute Gasteiger partial charge is 0.295 e. The Bertz CT molecular complexity index is 1040. The highest BCUT2D eigenvalue weighted by atomic mass is 32.1. The summed E-state index contributed by atoms with van der Waals surface area (Å²) < 4.78 is 8.77. The third-order valence-corrected chi connectivity index (χ3v) is 4.60. The Morgan fingerprint density at radius 3 is 2.44 bits per heavy atom. The fourth-order valence-electron chi connectivity index (χ4n) is 2.90. The maximum Gasteiger partial charge on any atom is 0.295 e. The van der Waals surface area contributed by atoms with Crippen LogP contribution < -0.4 is 20.9 Å². The predicted octanol–water partition coefficient (Wildman–Crippen LogP) is 3.61. The maximum absolute atomic E-state index is 12.9. The number of aromatic nitrogens is 2. The highest BCUT2D eigenvalue weighted by Gasteiger charge is 2.17. The van der Waals surface area contributed by atoms with Crippen LogP contribution in [0.15, 0.2) is 53.3 Å². The first-order valence-electron chi connectivity index (χ1n) is 8.49. The summed E-state index contributed by atoms with van der Waals surface area (Å²) in [6.45, 7) is 3.86. The van der Waals surface area contributed by atoms with Crippen LogP contribution in [0.25, 0.3) is 5.69 Å². The number of nitrogens with zero attached hydrogens (tertiary/aromatic N) is 2. The normalized spacial score (nSPS) is 10.5. The number of methoxy groups -OCH3 is 1. The number of para-hydroxylation sites is 1. The van der Waals surface area contributed by atoms with Gasteiger partial charge in [0.25, 0.3) is 5.56 Å². The van der Waals surface area contributed by atoms with E-state index in [1.165, 1.54) is 0 Å². The van der Waals surface area contributed by atoms with E-state index in [-0.39, 0.29) is 5.56 Å². The second-order valence-corrected chi connectivity index (χ2v) is 6.63. The lowest BCUT2D eigenvalue weighted by Gasteiger charge is -2.13. The monoisotopic (exact) mass is 382 g/mol. The van der Waals surface area contributed by atoms with E-state index in [2.05, 4.69) is 10.6 Å². The van der Waals surface area contributed by atoms with E-state index in [4.69, 9.17) is 17.0 Å². The molecule has 0 atom stereocenters. The maximum atomic E-state index is 12.9. The largest absolute Gasteiger partial charge is 0.495 e. The average Bonchev–Trinajstić information content (AvgIpc) is 2.86. The van der Waals surface area contributed by atoms with Crippen molar-refractivity contribution in [2.75, 3.05) is 17.7 Å². The zero-order chi connectivity index (χ0) is 19.6. The first-order chi connectivity index (χ1) is 12.9. The van der Waals surface area contributed by atoms with Gasteiger partial charge in [-0.25, -0.2) is 4.68 Å². The summed E-state index contributed by atoms with van der Waals surface area (Å²) >= 11 is 5.42. The van der Waals surface area contributed by atoms with Crippen LogP contribution >= 0.6 is 12.2 Å². The van der Waals surface area contributed by atoms with Gasteiger partial charge in [-0.15, -0.1) is 0 Å². The van der Waals surface area contributed by atoms with Gasteiger partial charge < -0.3 is 15.4 Å². The van der Waals surface area contributed by atoms with Crippen molar-refractivity contribution in [1.29, 1.82) is 0 Å². The van der Waals surface area contributed by atoms with Crippen LogP contribution in [0.1, 0.15) is 11.3 Å². The van der Waals surface area contributed by atoms with Crippen molar-refractivity contribution < 1.29 is 4.74 Å². The average molecular weight is 382 g/mol. The van der Waals surface area contributed by atoms with Gasteiger partial charge >= 0.3 is 0 Å². The number of benzene rings is 2. The molecule has 0 aliphatic heterocycles. The molecule has 1 aromatic heterocycles. The molecule has 0 radical (unpaired) electrons. The Balaban J connectivity index is 1.90. The van der Waals surface area contributed by atoms with Crippen LogP contribution in [0.3, 0.4) is 0 Å². The number of ether oxygens (including phenoxy) is 1. The summed E-state index contributed by atoms with van der Waals surface area (Å²) in [5.74, 6) is 0.677. The topological polar surface area (TPSA) is 60.2 Å². The molecule has 140 valence electrons. The molecule has 0 bridgehead atoms. The number of nitrogens with one attached hydrogen (secondary N) is 2. The van der Waals surface area contributed by atoms with Crippen LogP contribution in [0.5, 0.6) is 5.75 Å². The molecule has 0 saturated heterocycles. The van der Waals surface area contributed by atoms with Crippen molar-refractivity contribution in [3.05, 3.63) is 70.1 Å². The Labute approximate surface area is 163 Å². The van der Waals surface area contributed by atoms with Crippen LogP contribution in [-0.2, 0) is 7.05 Å². The van der Waals surface area contributed by atoms with Gasteiger partial charge in [-0.1, -0.05) is 24.3 Å². The van der Waals surface area contributed by atoms with Gasteiger partial charge in [-0.05, 0) is 55.9 Å². The molecule has 7 heteroatoms. The summed E-state index contributed by atoms with van der Waals surface area (Å²) in [6.07, 6.45) is 0. The number of hydrogen-bond acceptors (Lipinski definition) is 3. The minimum atomic E-state index is -0.165. The summed E-state index contributed by atoms with van der Waals surface area (Å²) in [7, 11) is 3.45. The molecule has 3 rings (SSSR count). The summed E-state index contributed by atoms with van der Waals surface area (Å²) in [5.41, 5.74) is 3.66. The molecule has 0 fully saturated rings. The van der Waals surface area contributed by atoms with Gasteiger partial charge in [0.15, 0.2) is 5.11 Å². The summed E-state index contributed by atoms with van der Waals surface area (Å²) in [5, 5.41) is 6.47. The molecule has 0 saturated carbocycles. The third kappa shape index (κ3) is 3.73. The zero-order valence-corrected chi connectivity index (χ0v) is 16.6. The van der Waals surface area contributed by atoms with Gasteiger partial charge in [0.1, 0.15) is 11.4 Å². The standard InChI is InChI=1S/C20H22N4O2S/c1-13-10-11-17(26-4)16(12-13)21-20(27)22-18-14(2)23(3)24(19(18)25)15-8-6-5-7-9-15/h5-12H,1-4H3,(H2,21,22,27). The molecule has 6 nitrogen and oxygen atoms in total. The zero-order valence-electron chi connectivity index (χ0n) is 15.7. The minimum absolute atomic E-state index is 0.165. The number of rotatable bonds is 4. The van der Waals surface area contributed by atoms with E-state index in [0.29, 0.717) is 16.5 Å². The van der Waals surface area contributed by atoms with Gasteiger partial charge in [0, 0.05) is 7.05 Å². The van der Waals surface area contributed by atoms with Crippen molar-refractivity contribution in [3.8, 4) is 11.4 Å². The van der Waals surface area contributed by atoms with E-state index < -0.39 is 0 Å². The van der Waals surface area contributed by atoms with Crippen LogP contribution in [0.2, 0.25) is 0 Å². The second kappa shape index (κ2) is 7.67. The van der Waals surface area contributed by atoms with Crippen LogP contribution in [-0.4, -0.2) is 21.6 Å². The SMILES string of the molecule is COc1ccc(C)cc1NC(=S)Nc1c(C)n(C)n(-c2ccccc2)c1=O. The van der Waals surface area contributed by atoms with E-state index >= 15 is 0 Å². The minimum Gasteiger partial charge on any atom is -0.495 e. The van der Waals surface area contributed by atoms with E-state index in [0.717, 1.165) is 22.6 Å². The van der Waals surface area contributed by atoms with Crippen LogP contribution in [0, 0.1) is 13.8 Å². The lowest BCUT2D eigenvalue weighted by molar-refractivity contribution is 0.417. The van der Waals surface area contributed by atoms with Crippen molar-refractivity contribution in [2.45, 2.75) is 13.8 Å². The Kier molecular flexibility index (Phi) is 5.32. The lowest BCUT2D eigenvalue weighted by atomic mass is 10.2. The first-order valence-corrected chi connectivity index (χ1v) is 8.90. The molecule has 27 heavy (non-hydrogen) atoms. The van der Waals surface area contributed by atoms with E-state index in [1.807, 2.05) is 69.4 Å². The van der Waals surface area contributed by atoms with Gasteiger partial charge in [0.2, 0.25) is 0 Å². The molecule has 0 amide bonds. The molecule has 0 spiro atoms. The Hall–Kier alpha value is -3.06. The molecule has 3 aromatic rings. The highest BCUT2D eigenvalue weighted by Crippen LogP contribution is 2.25. The quantitative estimate of drug-likeness (QED) is 0.675. The number of thiocarbonyl (C=S) groups is 1. The molecule has 1 heterocycles. The van der Waals surface area contributed by atoms with Gasteiger partial charge in [-0.3, -0.25) is 9.48 Å². The molecular formula is C20H22N4O2S. The molecular weight excluding hydrogens is 360 g/mol. The predicted molar refractivity (Wildman–Crippen MR) is 113 cm³/mol. The summed E-state index contributed by atoms with van der Waals surface area (Å²) in [6, 6.07) is 15.2. The Morgan fingerprint density at radius 1 is 1.07 bits per heavy atom. The van der Waals surface area contributed by atoms with Crippen molar-refractivity contribution in [3.63, 3.8) is 0 Å². The fourth-order valence-corrected chi connectivity index (χ4v) is 3.11. The second-order valence-electron chi connectivity index (χ2n) is 6.22. The van der Waals surface area contributed by atoms with Crippen molar-refractivity contribution in [1.82, 2.24) is 9.36 Å². The molecule has 2 N–H and O–H groups in total. The van der Waals surface area contributed by atoms with E-state index in [9.17, 15) is 4.79 Å².